The van der Waals surface area contributed by atoms with Gasteiger partial charge in [0.05, 0.1) is 11.1 Å². The molecule has 0 saturated carbocycles. The first-order valence-corrected chi connectivity index (χ1v) is 4.82. The fourth-order valence-electron chi connectivity index (χ4n) is 1.27. The van der Waals surface area contributed by atoms with Gasteiger partial charge < -0.3 is 5.11 Å². The Morgan fingerprint density at radius 1 is 1.27 bits per heavy atom. The van der Waals surface area contributed by atoms with Crippen molar-refractivity contribution in [2.24, 2.45) is 0 Å². The predicted molar refractivity (Wildman–Crippen MR) is 58.7 cm³/mol. The average molecular weight is 242 g/mol. The number of hydrogen-bond donors (Lipinski definition) is 1. The van der Waals surface area contributed by atoms with Gasteiger partial charge in [0, 0.05) is 10.4 Å². The summed E-state index contributed by atoms with van der Waals surface area (Å²) in [5, 5.41) is 10.0. The number of hydrogen-bond acceptors (Lipinski definition) is 2. The largest absolute Gasteiger partial charge is 0.478 e. The van der Waals surface area contributed by atoms with E-state index in [2.05, 4.69) is 4.98 Å². The van der Waals surface area contributed by atoms with Crippen LogP contribution in [-0.2, 0) is 0 Å². The zero-order valence-corrected chi connectivity index (χ0v) is 8.88. The monoisotopic (exact) mass is 241 g/mol. The van der Waals surface area contributed by atoms with Crippen molar-refractivity contribution in [3.8, 4) is 0 Å². The molecule has 2 aromatic rings. The van der Waals surface area contributed by atoms with Crippen molar-refractivity contribution < 1.29 is 9.90 Å². The molecule has 3 nitrogen and oxygen atoms in total. The predicted octanol–water partition coefficient (Wildman–Crippen LogP) is 3.24. The first-order chi connectivity index (χ1) is 7.08. The molecule has 0 aliphatic rings. The Labute approximate surface area is 95.3 Å². The lowest BCUT2D eigenvalue weighted by Gasteiger charge is -2.02. The lowest BCUT2D eigenvalue weighted by Crippen LogP contribution is -1.99. The minimum absolute atomic E-state index is 0.00788. The maximum absolute atomic E-state index is 10.8. The van der Waals surface area contributed by atoms with E-state index in [4.69, 9.17) is 28.3 Å². The van der Waals surface area contributed by atoms with E-state index in [1.54, 1.807) is 18.2 Å². The number of halogens is 2. The SMILES string of the molecule is O=C(O)c1cc2ccc(Cl)cc2nc1Cl. The van der Waals surface area contributed by atoms with E-state index in [-0.39, 0.29) is 10.7 Å². The van der Waals surface area contributed by atoms with E-state index in [1.807, 2.05) is 0 Å². The van der Waals surface area contributed by atoms with Crippen molar-refractivity contribution in [3.05, 3.63) is 40.0 Å². The molecule has 15 heavy (non-hydrogen) atoms. The van der Waals surface area contributed by atoms with Gasteiger partial charge in [-0.15, -0.1) is 0 Å². The van der Waals surface area contributed by atoms with Gasteiger partial charge in [-0.3, -0.25) is 0 Å². The second-order valence-electron chi connectivity index (χ2n) is 2.97. The Balaban J connectivity index is 2.76. The van der Waals surface area contributed by atoms with Crippen molar-refractivity contribution in [1.29, 1.82) is 0 Å². The highest BCUT2D eigenvalue weighted by Crippen LogP contribution is 2.23. The van der Waals surface area contributed by atoms with Crippen molar-refractivity contribution in [2.45, 2.75) is 0 Å². The Bertz CT molecular complexity index is 554. The number of carbonyl (C=O) groups is 1. The Hall–Kier alpha value is -1.32. The normalized spacial score (nSPS) is 10.5. The summed E-state index contributed by atoms with van der Waals surface area (Å²) < 4.78 is 0. The number of rotatable bonds is 1. The van der Waals surface area contributed by atoms with Gasteiger partial charge in [-0.05, 0) is 18.2 Å². The smallest absolute Gasteiger partial charge is 0.338 e. The van der Waals surface area contributed by atoms with Crippen LogP contribution in [-0.4, -0.2) is 16.1 Å². The molecule has 1 heterocycles. The van der Waals surface area contributed by atoms with E-state index in [9.17, 15) is 4.79 Å². The van der Waals surface area contributed by atoms with Crippen LogP contribution in [0.2, 0.25) is 10.2 Å². The van der Waals surface area contributed by atoms with Gasteiger partial charge in [-0.25, -0.2) is 9.78 Å². The molecule has 0 aliphatic carbocycles. The van der Waals surface area contributed by atoms with Gasteiger partial charge >= 0.3 is 5.97 Å². The first kappa shape index (κ1) is 10.2. The Kier molecular flexibility index (Phi) is 2.50. The lowest BCUT2D eigenvalue weighted by molar-refractivity contribution is 0.0697. The van der Waals surface area contributed by atoms with Crippen LogP contribution in [0, 0.1) is 0 Å². The van der Waals surface area contributed by atoms with Crippen LogP contribution in [0.4, 0.5) is 0 Å². The van der Waals surface area contributed by atoms with Gasteiger partial charge in [0.25, 0.3) is 0 Å². The summed E-state index contributed by atoms with van der Waals surface area (Å²) in [6.45, 7) is 0. The molecule has 0 spiro atoms. The Morgan fingerprint density at radius 3 is 2.67 bits per heavy atom. The molecule has 5 heteroatoms. The molecule has 1 N–H and O–H groups in total. The van der Waals surface area contributed by atoms with Crippen LogP contribution in [0.3, 0.4) is 0 Å². The Morgan fingerprint density at radius 2 is 2.00 bits per heavy atom. The molecule has 0 amide bonds. The molecule has 0 radical (unpaired) electrons. The lowest BCUT2D eigenvalue weighted by atomic mass is 10.1. The standard InChI is InChI=1S/C10H5Cl2NO2/c11-6-2-1-5-3-7(10(14)15)9(12)13-8(5)4-6/h1-4H,(H,14,15). The first-order valence-electron chi connectivity index (χ1n) is 4.07. The zero-order valence-electron chi connectivity index (χ0n) is 7.37. The van der Waals surface area contributed by atoms with Crippen molar-refractivity contribution in [2.75, 3.05) is 0 Å². The highest BCUT2D eigenvalue weighted by atomic mass is 35.5. The van der Waals surface area contributed by atoms with Crippen molar-refractivity contribution >= 4 is 40.1 Å². The van der Waals surface area contributed by atoms with Crippen LogP contribution in [0.15, 0.2) is 24.3 Å². The number of nitrogens with zero attached hydrogens (tertiary/aromatic N) is 1. The molecule has 0 atom stereocenters. The van der Waals surface area contributed by atoms with Crippen LogP contribution in [0.25, 0.3) is 10.9 Å². The molecular formula is C10H5Cl2NO2. The summed E-state index contributed by atoms with van der Waals surface area (Å²) in [7, 11) is 0. The molecular weight excluding hydrogens is 237 g/mol. The third-order valence-corrected chi connectivity index (χ3v) is 2.49. The topological polar surface area (TPSA) is 50.2 Å². The van der Waals surface area contributed by atoms with Crippen molar-refractivity contribution in [3.63, 3.8) is 0 Å². The summed E-state index contributed by atoms with van der Waals surface area (Å²) in [6.07, 6.45) is 0. The number of aromatic carboxylic acids is 1. The highest BCUT2D eigenvalue weighted by molar-refractivity contribution is 6.33. The molecule has 0 fully saturated rings. The van der Waals surface area contributed by atoms with E-state index in [0.717, 1.165) is 0 Å². The summed E-state index contributed by atoms with van der Waals surface area (Å²) in [5.74, 6) is -1.09. The second kappa shape index (κ2) is 3.68. The van der Waals surface area contributed by atoms with Crippen LogP contribution >= 0.6 is 23.2 Å². The van der Waals surface area contributed by atoms with Gasteiger partial charge in [0.15, 0.2) is 0 Å². The maximum Gasteiger partial charge on any atom is 0.338 e. The van der Waals surface area contributed by atoms with Crippen molar-refractivity contribution in [1.82, 2.24) is 4.98 Å². The molecule has 2 rings (SSSR count). The van der Waals surface area contributed by atoms with E-state index < -0.39 is 5.97 Å². The maximum atomic E-state index is 10.8. The zero-order chi connectivity index (χ0) is 11.0. The van der Waals surface area contributed by atoms with E-state index >= 15 is 0 Å². The van der Waals surface area contributed by atoms with E-state index in [0.29, 0.717) is 15.9 Å². The summed E-state index contributed by atoms with van der Waals surface area (Å²) >= 11 is 11.5. The molecule has 0 saturated heterocycles. The quantitative estimate of drug-likeness (QED) is 0.781. The third kappa shape index (κ3) is 1.89. The molecule has 1 aromatic heterocycles. The second-order valence-corrected chi connectivity index (χ2v) is 3.76. The third-order valence-electron chi connectivity index (χ3n) is 1.96. The van der Waals surface area contributed by atoms with Crippen LogP contribution in [0.1, 0.15) is 10.4 Å². The molecule has 76 valence electrons. The number of carboxylic acids is 1. The highest BCUT2D eigenvalue weighted by Gasteiger charge is 2.11. The molecule has 0 unspecified atom stereocenters. The number of pyridine rings is 1. The van der Waals surface area contributed by atoms with Crippen LogP contribution in [0.5, 0.6) is 0 Å². The molecule has 1 aromatic carbocycles. The van der Waals surface area contributed by atoms with E-state index in [1.165, 1.54) is 6.07 Å². The van der Waals surface area contributed by atoms with Gasteiger partial charge in [-0.2, -0.15) is 0 Å². The van der Waals surface area contributed by atoms with Gasteiger partial charge in [0.2, 0.25) is 0 Å². The minimum atomic E-state index is -1.09. The summed E-state index contributed by atoms with van der Waals surface area (Å²) in [6, 6.07) is 6.48. The van der Waals surface area contributed by atoms with Crippen LogP contribution < -0.4 is 0 Å². The number of aromatic nitrogens is 1. The molecule has 0 bridgehead atoms. The van der Waals surface area contributed by atoms with Gasteiger partial charge in [0.1, 0.15) is 5.15 Å². The van der Waals surface area contributed by atoms with Gasteiger partial charge in [-0.1, -0.05) is 29.3 Å². The fourth-order valence-corrected chi connectivity index (χ4v) is 1.66. The number of benzene rings is 1. The summed E-state index contributed by atoms with van der Waals surface area (Å²) in [5.41, 5.74) is 0.573. The number of carboxylic acid groups (broad SMARTS) is 1. The number of fused-ring (bicyclic) bond motifs is 1. The summed E-state index contributed by atoms with van der Waals surface area (Å²) in [4.78, 5) is 14.7. The molecule has 0 aliphatic heterocycles. The fraction of sp³-hybridized carbons (Fsp3) is 0. The minimum Gasteiger partial charge on any atom is -0.478 e. The average Bonchev–Trinajstić information content (AvgIpc) is 2.15.